The van der Waals surface area contributed by atoms with E-state index in [4.69, 9.17) is 4.74 Å². The highest BCUT2D eigenvalue weighted by Crippen LogP contribution is 2.39. The highest BCUT2D eigenvalue weighted by atomic mass is 32.2. The van der Waals surface area contributed by atoms with Crippen molar-refractivity contribution < 1.29 is 22.7 Å². The van der Waals surface area contributed by atoms with Crippen LogP contribution in [0.2, 0.25) is 0 Å². The zero-order valence-electron chi connectivity index (χ0n) is 18.2. The van der Waals surface area contributed by atoms with Crippen LogP contribution in [0.4, 0.5) is 0 Å². The summed E-state index contributed by atoms with van der Waals surface area (Å²) in [6.07, 6.45) is 3.48. The van der Waals surface area contributed by atoms with E-state index in [9.17, 15) is 18.0 Å². The normalized spacial score (nSPS) is 25.7. The molecule has 4 rings (SSSR count). The largest absolute Gasteiger partial charge is 0.495 e. The monoisotopic (exact) mass is 449 g/mol. The summed E-state index contributed by atoms with van der Waals surface area (Å²) in [4.78, 5) is 29.3. The Morgan fingerprint density at radius 2 is 1.61 bits per heavy atom. The van der Waals surface area contributed by atoms with Gasteiger partial charge in [-0.25, -0.2) is 8.42 Å². The quantitative estimate of drug-likeness (QED) is 0.615. The first-order valence-electron chi connectivity index (χ1n) is 11.1. The third-order valence-electron chi connectivity index (χ3n) is 6.90. The summed E-state index contributed by atoms with van der Waals surface area (Å²) >= 11 is 0. The van der Waals surface area contributed by atoms with Crippen LogP contribution < -0.4 is 4.74 Å². The lowest BCUT2D eigenvalue weighted by Gasteiger charge is -2.33. The Morgan fingerprint density at radius 1 is 1.00 bits per heavy atom. The first-order chi connectivity index (χ1) is 14.9. The van der Waals surface area contributed by atoms with Gasteiger partial charge in [0.05, 0.1) is 25.5 Å². The molecular formula is C22H31N3O5S. The first kappa shape index (κ1) is 22.2. The number of rotatable bonds is 6. The predicted molar refractivity (Wildman–Crippen MR) is 115 cm³/mol. The van der Waals surface area contributed by atoms with Gasteiger partial charge < -0.3 is 9.64 Å². The maximum Gasteiger partial charge on any atom is 0.246 e. The SMILES string of the molecule is CCN1CCN(S(=O)(=O)c2cc(CN3C(=O)C4CCCCC4C3=O)ccc2OC)CC1. The molecule has 2 heterocycles. The number of carbonyl (C=O) groups excluding carboxylic acids is 2. The molecule has 3 aliphatic rings. The van der Waals surface area contributed by atoms with Crippen molar-refractivity contribution in [2.24, 2.45) is 11.8 Å². The lowest BCUT2D eigenvalue weighted by Crippen LogP contribution is -2.48. The number of carbonyl (C=O) groups is 2. The number of sulfonamides is 1. The van der Waals surface area contributed by atoms with Crippen LogP contribution in [0.1, 0.15) is 38.2 Å². The number of benzene rings is 1. The minimum Gasteiger partial charge on any atom is -0.495 e. The lowest BCUT2D eigenvalue weighted by atomic mass is 9.81. The zero-order chi connectivity index (χ0) is 22.2. The van der Waals surface area contributed by atoms with Crippen molar-refractivity contribution in [3.8, 4) is 5.75 Å². The summed E-state index contributed by atoms with van der Waals surface area (Å²) in [7, 11) is -2.30. The minimum atomic E-state index is -3.75. The van der Waals surface area contributed by atoms with E-state index < -0.39 is 10.0 Å². The van der Waals surface area contributed by atoms with E-state index in [0.29, 0.717) is 31.7 Å². The van der Waals surface area contributed by atoms with Gasteiger partial charge in [0, 0.05) is 26.2 Å². The number of piperazine rings is 1. The fourth-order valence-electron chi connectivity index (χ4n) is 5.02. The van der Waals surface area contributed by atoms with E-state index in [1.807, 2.05) is 0 Å². The molecule has 2 atom stereocenters. The van der Waals surface area contributed by atoms with Gasteiger partial charge in [0.15, 0.2) is 0 Å². The molecule has 2 unspecified atom stereocenters. The molecule has 3 fully saturated rings. The molecule has 0 bridgehead atoms. The lowest BCUT2D eigenvalue weighted by molar-refractivity contribution is -0.140. The Labute approximate surface area is 184 Å². The number of hydrogen-bond acceptors (Lipinski definition) is 6. The van der Waals surface area contributed by atoms with E-state index in [1.165, 1.54) is 16.3 Å². The molecule has 2 aliphatic heterocycles. The Morgan fingerprint density at radius 3 is 2.16 bits per heavy atom. The molecule has 2 amide bonds. The Bertz CT molecular complexity index is 932. The van der Waals surface area contributed by atoms with Crippen LogP contribution in [-0.2, 0) is 26.2 Å². The second kappa shape index (κ2) is 8.88. The van der Waals surface area contributed by atoms with E-state index in [0.717, 1.165) is 32.2 Å². The highest BCUT2D eigenvalue weighted by Gasteiger charge is 2.48. The van der Waals surface area contributed by atoms with Gasteiger partial charge in [0.1, 0.15) is 10.6 Å². The van der Waals surface area contributed by atoms with Crippen molar-refractivity contribution in [1.82, 2.24) is 14.1 Å². The number of likely N-dealkylation sites (N-methyl/N-ethyl adjacent to an activating group) is 1. The van der Waals surface area contributed by atoms with Crippen LogP contribution in [-0.4, -0.2) is 74.2 Å². The molecule has 0 aromatic heterocycles. The van der Waals surface area contributed by atoms with Gasteiger partial charge in [0.2, 0.25) is 21.8 Å². The average molecular weight is 450 g/mol. The number of ether oxygens (including phenoxy) is 1. The second-order valence-corrected chi connectivity index (χ2v) is 10.5. The molecule has 1 aliphatic carbocycles. The van der Waals surface area contributed by atoms with Gasteiger partial charge in [-0.1, -0.05) is 25.8 Å². The Balaban J connectivity index is 1.58. The van der Waals surface area contributed by atoms with Gasteiger partial charge in [-0.05, 0) is 37.1 Å². The highest BCUT2D eigenvalue weighted by molar-refractivity contribution is 7.89. The molecule has 0 N–H and O–H groups in total. The molecule has 8 nitrogen and oxygen atoms in total. The zero-order valence-corrected chi connectivity index (χ0v) is 19.1. The van der Waals surface area contributed by atoms with Crippen LogP contribution in [0.25, 0.3) is 0 Å². The Kier molecular flexibility index (Phi) is 6.37. The van der Waals surface area contributed by atoms with Gasteiger partial charge >= 0.3 is 0 Å². The fourth-order valence-corrected chi connectivity index (χ4v) is 6.64. The molecule has 1 saturated carbocycles. The summed E-state index contributed by atoms with van der Waals surface area (Å²) in [5.74, 6) is -0.388. The molecular weight excluding hydrogens is 418 g/mol. The molecule has 0 radical (unpaired) electrons. The standard InChI is InChI=1S/C22H31N3O5S/c1-3-23-10-12-24(13-11-23)31(28,29)20-14-16(8-9-19(20)30-2)15-25-21(26)17-6-4-5-7-18(17)22(25)27/h8-9,14,17-18H,3-7,10-13,15H2,1-2H3. The van der Waals surface area contributed by atoms with E-state index in [2.05, 4.69) is 11.8 Å². The summed E-state index contributed by atoms with van der Waals surface area (Å²) in [6, 6.07) is 4.90. The second-order valence-electron chi connectivity index (χ2n) is 8.58. The first-order valence-corrected chi connectivity index (χ1v) is 12.6. The number of amides is 2. The maximum absolute atomic E-state index is 13.4. The number of nitrogens with zero attached hydrogens (tertiary/aromatic N) is 3. The number of fused-ring (bicyclic) bond motifs is 1. The van der Waals surface area contributed by atoms with Crippen LogP contribution in [0, 0.1) is 11.8 Å². The average Bonchev–Trinajstić information content (AvgIpc) is 3.04. The topological polar surface area (TPSA) is 87.2 Å². The molecule has 9 heteroatoms. The fraction of sp³-hybridized carbons (Fsp3) is 0.636. The van der Waals surface area contributed by atoms with Gasteiger partial charge in [-0.15, -0.1) is 0 Å². The van der Waals surface area contributed by atoms with Crippen molar-refractivity contribution in [2.45, 2.75) is 44.0 Å². The molecule has 170 valence electrons. The van der Waals surface area contributed by atoms with Gasteiger partial charge in [-0.2, -0.15) is 4.31 Å². The minimum absolute atomic E-state index is 0.0916. The van der Waals surface area contributed by atoms with E-state index in [1.54, 1.807) is 18.2 Å². The third kappa shape index (κ3) is 4.10. The smallest absolute Gasteiger partial charge is 0.246 e. The van der Waals surface area contributed by atoms with Crippen LogP contribution >= 0.6 is 0 Å². The van der Waals surface area contributed by atoms with Crippen molar-refractivity contribution in [2.75, 3.05) is 39.8 Å². The summed E-state index contributed by atoms with van der Waals surface area (Å²) in [6.45, 7) is 5.29. The number of hydrogen-bond donors (Lipinski definition) is 0. The maximum atomic E-state index is 13.4. The number of methoxy groups -OCH3 is 1. The molecule has 31 heavy (non-hydrogen) atoms. The molecule has 1 aromatic rings. The van der Waals surface area contributed by atoms with E-state index in [-0.39, 0.29) is 40.8 Å². The van der Waals surface area contributed by atoms with Crippen molar-refractivity contribution in [3.05, 3.63) is 23.8 Å². The van der Waals surface area contributed by atoms with Crippen LogP contribution in [0.3, 0.4) is 0 Å². The summed E-state index contributed by atoms with van der Waals surface area (Å²) in [5.41, 5.74) is 0.618. The third-order valence-corrected chi connectivity index (χ3v) is 8.82. The van der Waals surface area contributed by atoms with E-state index >= 15 is 0 Å². The summed E-state index contributed by atoms with van der Waals surface area (Å²) < 4.78 is 33.6. The van der Waals surface area contributed by atoms with Gasteiger partial charge in [0.25, 0.3) is 0 Å². The summed E-state index contributed by atoms with van der Waals surface area (Å²) in [5, 5.41) is 0. The van der Waals surface area contributed by atoms with Crippen molar-refractivity contribution >= 4 is 21.8 Å². The number of likely N-dealkylation sites (tertiary alicyclic amines) is 1. The molecule has 2 saturated heterocycles. The molecule has 1 aromatic carbocycles. The molecule has 0 spiro atoms. The van der Waals surface area contributed by atoms with Crippen LogP contribution in [0.15, 0.2) is 23.1 Å². The predicted octanol–water partition coefficient (Wildman–Crippen LogP) is 1.70. The number of imide groups is 1. The van der Waals surface area contributed by atoms with Gasteiger partial charge in [-0.3, -0.25) is 14.5 Å². The Hall–Kier alpha value is -1.97. The van der Waals surface area contributed by atoms with Crippen molar-refractivity contribution in [1.29, 1.82) is 0 Å². The van der Waals surface area contributed by atoms with Crippen molar-refractivity contribution in [3.63, 3.8) is 0 Å². The van der Waals surface area contributed by atoms with Crippen LogP contribution in [0.5, 0.6) is 5.75 Å².